The van der Waals surface area contributed by atoms with E-state index < -0.39 is 0 Å². The van der Waals surface area contributed by atoms with Crippen molar-refractivity contribution < 1.29 is 0 Å². The molecule has 0 N–H and O–H groups in total. The SMILES string of the molecule is CCCc1c(C)cc(C)nc1C. The molecule has 0 unspecified atom stereocenters. The minimum atomic E-state index is 1.13. The van der Waals surface area contributed by atoms with Gasteiger partial charge in [-0.2, -0.15) is 0 Å². The molecular formula is C11H17N. The molecule has 12 heavy (non-hydrogen) atoms. The molecule has 1 aromatic heterocycles. The molecule has 0 fully saturated rings. The maximum Gasteiger partial charge on any atom is 0.0410 e. The Bertz CT molecular complexity index is 253. The van der Waals surface area contributed by atoms with Crippen molar-refractivity contribution in [1.29, 1.82) is 0 Å². The Labute approximate surface area is 74.8 Å². The first-order valence-electron chi connectivity index (χ1n) is 4.59. The van der Waals surface area contributed by atoms with Crippen molar-refractivity contribution in [3.05, 3.63) is 28.6 Å². The lowest BCUT2D eigenvalue weighted by molar-refractivity contribution is 0.882. The van der Waals surface area contributed by atoms with E-state index in [-0.39, 0.29) is 0 Å². The summed E-state index contributed by atoms with van der Waals surface area (Å²) in [5.41, 5.74) is 5.16. The quantitative estimate of drug-likeness (QED) is 0.653. The van der Waals surface area contributed by atoms with Crippen LogP contribution in [0, 0.1) is 20.8 Å². The number of pyridine rings is 1. The summed E-state index contributed by atoms with van der Waals surface area (Å²) in [6.45, 7) is 8.53. The molecule has 0 saturated carbocycles. The molecule has 0 aliphatic carbocycles. The summed E-state index contributed by atoms with van der Waals surface area (Å²) in [4.78, 5) is 4.45. The van der Waals surface area contributed by atoms with Gasteiger partial charge in [0.1, 0.15) is 0 Å². The third-order valence-corrected chi connectivity index (χ3v) is 2.18. The minimum Gasteiger partial charge on any atom is -0.258 e. The molecule has 0 amide bonds. The van der Waals surface area contributed by atoms with E-state index in [2.05, 4.69) is 38.7 Å². The Morgan fingerprint density at radius 1 is 1.25 bits per heavy atom. The van der Waals surface area contributed by atoms with Crippen LogP contribution in [0.15, 0.2) is 6.07 Å². The van der Waals surface area contributed by atoms with Gasteiger partial charge in [-0.05, 0) is 44.4 Å². The predicted octanol–water partition coefficient (Wildman–Crippen LogP) is 2.96. The summed E-state index contributed by atoms with van der Waals surface area (Å²) < 4.78 is 0. The van der Waals surface area contributed by atoms with Crippen LogP contribution in [-0.2, 0) is 6.42 Å². The van der Waals surface area contributed by atoms with E-state index in [0.717, 1.165) is 12.1 Å². The summed E-state index contributed by atoms with van der Waals surface area (Å²) in [5, 5.41) is 0. The average molecular weight is 163 g/mol. The van der Waals surface area contributed by atoms with E-state index in [0.29, 0.717) is 0 Å². The van der Waals surface area contributed by atoms with Gasteiger partial charge in [0.2, 0.25) is 0 Å². The van der Waals surface area contributed by atoms with Crippen molar-refractivity contribution in [1.82, 2.24) is 4.98 Å². The standard InChI is InChI=1S/C11H17N/c1-5-6-11-8(2)7-9(3)12-10(11)4/h7H,5-6H2,1-4H3. The van der Waals surface area contributed by atoms with Crippen LogP contribution in [0.3, 0.4) is 0 Å². The minimum absolute atomic E-state index is 1.13. The highest BCUT2D eigenvalue weighted by Crippen LogP contribution is 2.14. The Hall–Kier alpha value is -0.850. The molecule has 0 bridgehead atoms. The van der Waals surface area contributed by atoms with Crippen LogP contribution in [0.25, 0.3) is 0 Å². The van der Waals surface area contributed by atoms with Gasteiger partial charge < -0.3 is 0 Å². The molecule has 1 heterocycles. The number of nitrogens with zero attached hydrogens (tertiary/aromatic N) is 1. The summed E-state index contributed by atoms with van der Waals surface area (Å²) in [6, 6.07) is 2.16. The molecule has 0 saturated heterocycles. The van der Waals surface area contributed by atoms with Crippen molar-refractivity contribution in [3.63, 3.8) is 0 Å². The van der Waals surface area contributed by atoms with E-state index in [4.69, 9.17) is 0 Å². The fourth-order valence-corrected chi connectivity index (χ4v) is 1.68. The van der Waals surface area contributed by atoms with Crippen molar-refractivity contribution in [2.24, 2.45) is 0 Å². The zero-order valence-electron chi connectivity index (χ0n) is 8.44. The Morgan fingerprint density at radius 3 is 2.42 bits per heavy atom. The first kappa shape index (κ1) is 9.24. The van der Waals surface area contributed by atoms with Crippen molar-refractivity contribution >= 4 is 0 Å². The second-order valence-electron chi connectivity index (χ2n) is 3.39. The Kier molecular flexibility index (Phi) is 2.85. The van der Waals surface area contributed by atoms with E-state index in [1.54, 1.807) is 0 Å². The highest BCUT2D eigenvalue weighted by molar-refractivity contribution is 5.30. The lowest BCUT2D eigenvalue weighted by atomic mass is 10.0. The van der Waals surface area contributed by atoms with E-state index in [1.807, 2.05) is 0 Å². The van der Waals surface area contributed by atoms with Crippen molar-refractivity contribution in [3.8, 4) is 0 Å². The topological polar surface area (TPSA) is 12.9 Å². The zero-order chi connectivity index (χ0) is 9.14. The van der Waals surface area contributed by atoms with Gasteiger partial charge in [0, 0.05) is 11.4 Å². The van der Waals surface area contributed by atoms with Gasteiger partial charge >= 0.3 is 0 Å². The zero-order valence-corrected chi connectivity index (χ0v) is 8.44. The lowest BCUT2D eigenvalue weighted by Gasteiger charge is -2.08. The molecule has 0 spiro atoms. The normalized spacial score (nSPS) is 10.3. The number of aryl methyl sites for hydroxylation is 3. The van der Waals surface area contributed by atoms with Gasteiger partial charge in [0.25, 0.3) is 0 Å². The molecule has 0 atom stereocenters. The first-order valence-corrected chi connectivity index (χ1v) is 4.59. The van der Waals surface area contributed by atoms with Crippen LogP contribution in [-0.4, -0.2) is 4.98 Å². The maximum atomic E-state index is 4.45. The third-order valence-electron chi connectivity index (χ3n) is 2.18. The molecule has 0 aromatic carbocycles. The van der Waals surface area contributed by atoms with Gasteiger partial charge in [0.15, 0.2) is 0 Å². The third kappa shape index (κ3) is 1.84. The predicted molar refractivity (Wildman–Crippen MR) is 52.4 cm³/mol. The van der Waals surface area contributed by atoms with Crippen LogP contribution >= 0.6 is 0 Å². The molecule has 1 nitrogen and oxygen atoms in total. The van der Waals surface area contributed by atoms with Crippen molar-refractivity contribution in [2.75, 3.05) is 0 Å². The summed E-state index contributed by atoms with van der Waals surface area (Å²) in [7, 11) is 0. The largest absolute Gasteiger partial charge is 0.258 e. The first-order chi connectivity index (χ1) is 5.65. The highest BCUT2D eigenvalue weighted by atomic mass is 14.7. The number of hydrogen-bond acceptors (Lipinski definition) is 1. The van der Waals surface area contributed by atoms with Gasteiger partial charge in [-0.3, -0.25) is 4.98 Å². The van der Waals surface area contributed by atoms with E-state index >= 15 is 0 Å². The maximum absolute atomic E-state index is 4.45. The molecule has 1 heteroatoms. The average Bonchev–Trinajstić information content (AvgIpc) is 1.96. The highest BCUT2D eigenvalue weighted by Gasteiger charge is 2.02. The second-order valence-corrected chi connectivity index (χ2v) is 3.39. The van der Waals surface area contributed by atoms with Gasteiger partial charge in [-0.15, -0.1) is 0 Å². The second kappa shape index (κ2) is 3.70. The molecule has 1 aromatic rings. The number of rotatable bonds is 2. The molecule has 0 aliphatic heterocycles. The van der Waals surface area contributed by atoms with Gasteiger partial charge in [-0.25, -0.2) is 0 Å². The fourth-order valence-electron chi connectivity index (χ4n) is 1.68. The summed E-state index contributed by atoms with van der Waals surface area (Å²) in [5.74, 6) is 0. The van der Waals surface area contributed by atoms with Gasteiger partial charge in [0.05, 0.1) is 0 Å². The monoisotopic (exact) mass is 163 g/mol. The van der Waals surface area contributed by atoms with E-state index in [9.17, 15) is 0 Å². The fraction of sp³-hybridized carbons (Fsp3) is 0.545. The van der Waals surface area contributed by atoms with E-state index in [1.165, 1.54) is 23.2 Å². The molecular weight excluding hydrogens is 146 g/mol. The Balaban J connectivity index is 3.10. The molecule has 0 aliphatic rings. The van der Waals surface area contributed by atoms with Crippen LogP contribution < -0.4 is 0 Å². The molecule has 66 valence electrons. The number of aromatic nitrogens is 1. The van der Waals surface area contributed by atoms with Gasteiger partial charge in [-0.1, -0.05) is 13.3 Å². The number of hydrogen-bond donors (Lipinski definition) is 0. The van der Waals surface area contributed by atoms with Crippen molar-refractivity contribution in [2.45, 2.75) is 40.5 Å². The summed E-state index contributed by atoms with van der Waals surface area (Å²) in [6.07, 6.45) is 2.36. The smallest absolute Gasteiger partial charge is 0.0410 e. The van der Waals surface area contributed by atoms with Crippen LogP contribution in [0.1, 0.15) is 35.9 Å². The molecule has 0 radical (unpaired) electrons. The van der Waals surface area contributed by atoms with Crippen LogP contribution in [0.5, 0.6) is 0 Å². The Morgan fingerprint density at radius 2 is 1.92 bits per heavy atom. The summed E-state index contributed by atoms with van der Waals surface area (Å²) >= 11 is 0. The molecule has 1 rings (SSSR count). The lowest BCUT2D eigenvalue weighted by Crippen LogP contribution is -1.98. The van der Waals surface area contributed by atoms with Crippen LogP contribution in [0.2, 0.25) is 0 Å². The van der Waals surface area contributed by atoms with Crippen LogP contribution in [0.4, 0.5) is 0 Å².